The Kier molecular flexibility index (Phi) is 5.98. The van der Waals surface area contributed by atoms with Gasteiger partial charge in [-0.1, -0.05) is 38.1 Å². The molecule has 27 heavy (non-hydrogen) atoms. The Hall–Kier alpha value is -2.57. The van der Waals surface area contributed by atoms with Crippen molar-refractivity contribution in [3.63, 3.8) is 0 Å². The van der Waals surface area contributed by atoms with E-state index in [4.69, 9.17) is 0 Å². The second-order valence-corrected chi connectivity index (χ2v) is 8.58. The molecule has 0 bridgehead atoms. The minimum atomic E-state index is -3.69. The summed E-state index contributed by atoms with van der Waals surface area (Å²) < 4.78 is 28.0. The molecule has 0 aliphatic rings. The molecule has 0 atom stereocenters. The Morgan fingerprint density at radius 2 is 1.33 bits per heavy atom. The highest BCUT2D eigenvalue weighted by Crippen LogP contribution is 2.22. The molecule has 3 aromatic rings. The van der Waals surface area contributed by atoms with Gasteiger partial charge >= 0.3 is 0 Å². The quantitative estimate of drug-likeness (QED) is 0.621. The molecule has 0 aliphatic carbocycles. The van der Waals surface area contributed by atoms with E-state index in [0.717, 1.165) is 5.56 Å². The Balaban J connectivity index is 1.94. The Bertz CT molecular complexity index is 916. The summed E-state index contributed by atoms with van der Waals surface area (Å²) in [7, 11) is -3.69. The van der Waals surface area contributed by atoms with Gasteiger partial charge in [-0.15, -0.1) is 0 Å². The molecule has 2 heterocycles. The zero-order valence-electron chi connectivity index (χ0n) is 15.5. The van der Waals surface area contributed by atoms with Crippen molar-refractivity contribution in [2.75, 3.05) is 0 Å². The van der Waals surface area contributed by atoms with Gasteiger partial charge in [-0.05, 0) is 47.9 Å². The minimum absolute atomic E-state index is 0.186. The molecule has 5 nitrogen and oxygen atoms in total. The van der Waals surface area contributed by atoms with E-state index in [-0.39, 0.29) is 18.0 Å². The summed E-state index contributed by atoms with van der Waals surface area (Å²) >= 11 is 0. The number of hydrogen-bond acceptors (Lipinski definition) is 4. The summed E-state index contributed by atoms with van der Waals surface area (Å²) in [6.45, 7) is 4.53. The topological polar surface area (TPSA) is 63.2 Å². The Morgan fingerprint density at radius 1 is 0.815 bits per heavy atom. The van der Waals surface area contributed by atoms with Crippen molar-refractivity contribution in [2.45, 2.75) is 37.8 Å². The van der Waals surface area contributed by atoms with Crippen LogP contribution in [0.3, 0.4) is 0 Å². The summed E-state index contributed by atoms with van der Waals surface area (Å²) in [5.74, 6) is 0.347. The molecule has 1 aromatic carbocycles. The molecule has 0 unspecified atom stereocenters. The Morgan fingerprint density at radius 3 is 1.74 bits per heavy atom. The second-order valence-electron chi connectivity index (χ2n) is 6.64. The van der Waals surface area contributed by atoms with Crippen LogP contribution in [0.4, 0.5) is 0 Å². The average Bonchev–Trinajstić information content (AvgIpc) is 2.69. The van der Waals surface area contributed by atoms with Gasteiger partial charge in [-0.2, -0.15) is 4.31 Å². The molecule has 0 saturated carbocycles. The van der Waals surface area contributed by atoms with Crippen LogP contribution in [0.5, 0.6) is 0 Å². The molecule has 2 aromatic heterocycles. The van der Waals surface area contributed by atoms with Gasteiger partial charge in [0.1, 0.15) is 0 Å². The number of nitrogens with zero attached hydrogens (tertiary/aromatic N) is 3. The number of aromatic nitrogens is 2. The van der Waals surface area contributed by atoms with E-state index in [1.165, 1.54) is 4.31 Å². The van der Waals surface area contributed by atoms with Crippen LogP contribution >= 0.6 is 0 Å². The Labute approximate surface area is 160 Å². The number of rotatable bonds is 7. The fourth-order valence-corrected chi connectivity index (χ4v) is 4.13. The SMILES string of the molecule is CC(C)c1ccc(S(=O)(=O)N(Cc2ccccn2)Cc2ccccn2)cc1. The lowest BCUT2D eigenvalue weighted by molar-refractivity contribution is 0.393. The summed E-state index contributed by atoms with van der Waals surface area (Å²) in [6, 6.07) is 18.1. The highest BCUT2D eigenvalue weighted by Gasteiger charge is 2.25. The van der Waals surface area contributed by atoms with E-state index >= 15 is 0 Å². The van der Waals surface area contributed by atoms with Crippen molar-refractivity contribution in [1.82, 2.24) is 14.3 Å². The van der Waals surface area contributed by atoms with Crippen LogP contribution in [0.1, 0.15) is 36.7 Å². The molecule has 0 amide bonds. The molecular weight excluding hydrogens is 358 g/mol. The average molecular weight is 382 g/mol. The van der Waals surface area contributed by atoms with Gasteiger partial charge in [0.2, 0.25) is 10.0 Å². The number of benzene rings is 1. The van der Waals surface area contributed by atoms with E-state index < -0.39 is 10.0 Å². The fourth-order valence-electron chi connectivity index (χ4n) is 2.74. The smallest absolute Gasteiger partial charge is 0.243 e. The van der Waals surface area contributed by atoms with Crippen LogP contribution < -0.4 is 0 Å². The maximum Gasteiger partial charge on any atom is 0.243 e. The summed E-state index contributed by atoms with van der Waals surface area (Å²) in [6.07, 6.45) is 3.33. The standard InChI is InChI=1S/C21H23N3O2S/c1-17(2)18-9-11-21(12-10-18)27(25,26)24(15-19-7-3-5-13-22-19)16-20-8-4-6-14-23-20/h3-14,17H,15-16H2,1-2H3. The molecular formula is C21H23N3O2S. The molecule has 0 saturated heterocycles. The first-order chi connectivity index (χ1) is 13.0. The summed E-state index contributed by atoms with van der Waals surface area (Å²) in [5, 5.41) is 0. The van der Waals surface area contributed by atoms with Crippen LogP contribution in [0.25, 0.3) is 0 Å². The lowest BCUT2D eigenvalue weighted by Crippen LogP contribution is -2.31. The third-order valence-electron chi connectivity index (χ3n) is 4.31. The highest BCUT2D eigenvalue weighted by molar-refractivity contribution is 7.89. The first-order valence-corrected chi connectivity index (χ1v) is 10.3. The van der Waals surface area contributed by atoms with Crippen molar-refractivity contribution < 1.29 is 8.42 Å². The van der Waals surface area contributed by atoms with Crippen molar-refractivity contribution in [1.29, 1.82) is 0 Å². The van der Waals surface area contributed by atoms with E-state index in [2.05, 4.69) is 23.8 Å². The largest absolute Gasteiger partial charge is 0.260 e. The lowest BCUT2D eigenvalue weighted by atomic mass is 10.0. The second kappa shape index (κ2) is 8.41. The van der Waals surface area contributed by atoms with Gasteiger partial charge in [0.25, 0.3) is 0 Å². The summed E-state index contributed by atoms with van der Waals surface area (Å²) in [4.78, 5) is 8.83. The molecule has 0 radical (unpaired) electrons. The van der Waals surface area contributed by atoms with Gasteiger partial charge in [0.15, 0.2) is 0 Å². The summed E-state index contributed by atoms with van der Waals surface area (Å²) in [5.41, 5.74) is 2.49. The monoisotopic (exact) mass is 381 g/mol. The van der Waals surface area contributed by atoms with Crippen LogP contribution in [-0.4, -0.2) is 22.7 Å². The van der Waals surface area contributed by atoms with Gasteiger partial charge < -0.3 is 0 Å². The first-order valence-electron chi connectivity index (χ1n) is 8.87. The maximum absolute atomic E-state index is 13.3. The molecule has 0 fully saturated rings. The lowest BCUT2D eigenvalue weighted by Gasteiger charge is -2.22. The molecule has 0 spiro atoms. The van der Waals surface area contributed by atoms with Crippen LogP contribution in [-0.2, 0) is 23.1 Å². The van der Waals surface area contributed by atoms with Crippen molar-refractivity contribution in [3.05, 3.63) is 90.0 Å². The van der Waals surface area contributed by atoms with Gasteiger partial charge in [0.05, 0.1) is 29.4 Å². The van der Waals surface area contributed by atoms with Gasteiger partial charge in [-0.25, -0.2) is 8.42 Å². The zero-order valence-corrected chi connectivity index (χ0v) is 16.3. The van der Waals surface area contributed by atoms with E-state index in [1.54, 1.807) is 24.5 Å². The molecule has 0 N–H and O–H groups in total. The zero-order chi connectivity index (χ0) is 19.3. The van der Waals surface area contributed by atoms with Crippen LogP contribution in [0, 0.1) is 0 Å². The third kappa shape index (κ3) is 4.78. The van der Waals surface area contributed by atoms with E-state index in [9.17, 15) is 8.42 Å². The van der Waals surface area contributed by atoms with Gasteiger partial charge in [-0.3, -0.25) is 9.97 Å². The highest BCUT2D eigenvalue weighted by atomic mass is 32.2. The van der Waals surface area contributed by atoms with E-state index in [1.807, 2.05) is 48.5 Å². The number of hydrogen-bond donors (Lipinski definition) is 0. The molecule has 3 rings (SSSR count). The van der Waals surface area contributed by atoms with E-state index in [0.29, 0.717) is 17.3 Å². The number of sulfonamides is 1. The van der Waals surface area contributed by atoms with Gasteiger partial charge in [0, 0.05) is 12.4 Å². The van der Waals surface area contributed by atoms with Crippen molar-refractivity contribution in [3.8, 4) is 0 Å². The molecule has 6 heteroatoms. The van der Waals surface area contributed by atoms with Crippen molar-refractivity contribution in [2.24, 2.45) is 0 Å². The molecule has 0 aliphatic heterocycles. The first kappa shape index (κ1) is 19.2. The number of pyridine rings is 2. The van der Waals surface area contributed by atoms with Crippen LogP contribution in [0.15, 0.2) is 78.0 Å². The maximum atomic E-state index is 13.3. The predicted octanol–water partition coefficient (Wildman–Crippen LogP) is 3.99. The third-order valence-corrected chi connectivity index (χ3v) is 6.12. The predicted molar refractivity (Wildman–Crippen MR) is 105 cm³/mol. The minimum Gasteiger partial charge on any atom is -0.260 e. The molecule has 140 valence electrons. The van der Waals surface area contributed by atoms with Crippen molar-refractivity contribution >= 4 is 10.0 Å². The normalized spacial score (nSPS) is 11.9. The fraction of sp³-hybridized carbons (Fsp3) is 0.238. The van der Waals surface area contributed by atoms with Crippen LogP contribution in [0.2, 0.25) is 0 Å².